The number of rotatable bonds is 11. The monoisotopic (exact) mass is 572 g/mol. The minimum atomic E-state index is -0.223. The van der Waals surface area contributed by atoms with E-state index in [1.807, 2.05) is 37.3 Å². The molecule has 1 aromatic heterocycles. The smallest absolute Gasteiger partial charge is 0.255 e. The molecule has 0 atom stereocenters. The number of ether oxygens (including phenoxy) is 2. The number of pyridine rings is 1. The van der Waals surface area contributed by atoms with E-state index in [9.17, 15) is 4.79 Å². The van der Waals surface area contributed by atoms with Gasteiger partial charge in [-0.05, 0) is 104 Å². The first kappa shape index (κ1) is 31.4. The standard InChI is InChI=1S/C35H48N4O3/c1-23(2)10-16-38-30-20-27(35(4,5)6)21-31(33(30)41-7)39-34(40)26-9-8-24(3)32(19-26)42-29-13-17-37-28(22-29)18-25-11-14-36-15-12-25/h8-9,13,17,19-23,25,36,38H,10-12,14-16,18H2,1-7H3,(H,39,40). The lowest BCUT2D eigenvalue weighted by molar-refractivity contribution is 0.102. The highest BCUT2D eigenvalue weighted by molar-refractivity contribution is 6.06. The summed E-state index contributed by atoms with van der Waals surface area (Å²) in [6.45, 7) is 15.9. The first-order valence-corrected chi connectivity index (χ1v) is 15.3. The highest BCUT2D eigenvalue weighted by Crippen LogP contribution is 2.39. The number of hydrogen-bond donors (Lipinski definition) is 3. The molecule has 2 heterocycles. The lowest BCUT2D eigenvalue weighted by atomic mass is 9.86. The van der Waals surface area contributed by atoms with Gasteiger partial charge in [0.2, 0.25) is 0 Å². The lowest BCUT2D eigenvalue weighted by Gasteiger charge is -2.24. The Hall–Kier alpha value is -3.58. The van der Waals surface area contributed by atoms with Crippen LogP contribution in [0, 0.1) is 18.8 Å². The van der Waals surface area contributed by atoms with Crippen LogP contribution in [0.25, 0.3) is 0 Å². The number of carbonyl (C=O) groups is 1. The number of methoxy groups -OCH3 is 1. The number of benzene rings is 2. The number of amides is 1. The molecule has 3 aromatic rings. The van der Waals surface area contributed by atoms with Crippen molar-refractivity contribution in [3.63, 3.8) is 0 Å². The Kier molecular flexibility index (Phi) is 10.5. The average Bonchev–Trinajstić information content (AvgIpc) is 2.94. The van der Waals surface area contributed by atoms with Gasteiger partial charge in [-0.1, -0.05) is 40.7 Å². The summed E-state index contributed by atoms with van der Waals surface area (Å²) in [5, 5.41) is 10.1. The molecule has 0 bridgehead atoms. The molecule has 226 valence electrons. The zero-order valence-corrected chi connectivity index (χ0v) is 26.4. The molecule has 42 heavy (non-hydrogen) atoms. The molecular weight excluding hydrogens is 524 g/mol. The molecule has 1 aliphatic heterocycles. The van der Waals surface area contributed by atoms with Crippen molar-refractivity contribution in [1.82, 2.24) is 10.3 Å². The third-order valence-corrected chi connectivity index (χ3v) is 7.87. The quantitative estimate of drug-likeness (QED) is 0.218. The molecule has 0 saturated carbocycles. The third kappa shape index (κ3) is 8.48. The molecule has 1 aliphatic rings. The van der Waals surface area contributed by atoms with Crippen molar-refractivity contribution in [2.45, 2.75) is 72.6 Å². The maximum Gasteiger partial charge on any atom is 0.255 e. The molecule has 3 N–H and O–H groups in total. The van der Waals surface area contributed by atoms with Crippen molar-refractivity contribution >= 4 is 17.3 Å². The number of anilines is 2. The van der Waals surface area contributed by atoms with Gasteiger partial charge in [-0.2, -0.15) is 0 Å². The van der Waals surface area contributed by atoms with E-state index < -0.39 is 0 Å². The van der Waals surface area contributed by atoms with Crippen LogP contribution in [-0.4, -0.2) is 37.6 Å². The second-order valence-electron chi connectivity index (χ2n) is 12.9. The Morgan fingerprint density at radius 1 is 1.07 bits per heavy atom. The molecule has 0 aliphatic carbocycles. The van der Waals surface area contributed by atoms with Gasteiger partial charge in [0, 0.05) is 30.1 Å². The minimum absolute atomic E-state index is 0.109. The van der Waals surface area contributed by atoms with Gasteiger partial charge in [-0.3, -0.25) is 9.78 Å². The summed E-state index contributed by atoms with van der Waals surface area (Å²) >= 11 is 0. The van der Waals surface area contributed by atoms with Gasteiger partial charge in [0.05, 0.1) is 18.5 Å². The van der Waals surface area contributed by atoms with Crippen LogP contribution in [-0.2, 0) is 11.8 Å². The minimum Gasteiger partial charge on any atom is -0.492 e. The number of hydrogen-bond acceptors (Lipinski definition) is 6. The first-order valence-electron chi connectivity index (χ1n) is 15.3. The maximum absolute atomic E-state index is 13.6. The lowest BCUT2D eigenvalue weighted by Crippen LogP contribution is -2.28. The topological polar surface area (TPSA) is 84.5 Å². The van der Waals surface area contributed by atoms with Crippen LogP contribution in [0.15, 0.2) is 48.7 Å². The van der Waals surface area contributed by atoms with Crippen molar-refractivity contribution in [3.8, 4) is 17.2 Å². The van der Waals surface area contributed by atoms with E-state index in [0.717, 1.165) is 60.7 Å². The second-order valence-corrected chi connectivity index (χ2v) is 12.9. The summed E-state index contributed by atoms with van der Waals surface area (Å²) < 4.78 is 12.1. The summed E-state index contributed by atoms with van der Waals surface area (Å²) in [5.74, 6) is 3.00. The van der Waals surface area contributed by atoms with Crippen molar-refractivity contribution < 1.29 is 14.3 Å². The van der Waals surface area contributed by atoms with Crippen molar-refractivity contribution in [2.24, 2.45) is 11.8 Å². The van der Waals surface area contributed by atoms with E-state index in [1.54, 1.807) is 19.4 Å². The molecule has 0 unspecified atom stereocenters. The summed E-state index contributed by atoms with van der Waals surface area (Å²) in [7, 11) is 1.64. The Morgan fingerprint density at radius 3 is 2.50 bits per heavy atom. The number of nitrogens with one attached hydrogen (secondary N) is 3. The van der Waals surface area contributed by atoms with Gasteiger partial charge in [-0.25, -0.2) is 0 Å². The van der Waals surface area contributed by atoms with E-state index >= 15 is 0 Å². The van der Waals surface area contributed by atoms with Gasteiger partial charge >= 0.3 is 0 Å². The van der Waals surface area contributed by atoms with Gasteiger partial charge in [0.25, 0.3) is 5.91 Å². The van der Waals surface area contributed by atoms with E-state index in [2.05, 4.69) is 61.6 Å². The Bertz CT molecular complexity index is 1360. The summed E-state index contributed by atoms with van der Waals surface area (Å²) in [6, 6.07) is 13.6. The predicted octanol–water partition coefficient (Wildman–Crippen LogP) is 7.74. The Morgan fingerprint density at radius 2 is 1.81 bits per heavy atom. The fourth-order valence-corrected chi connectivity index (χ4v) is 5.19. The van der Waals surface area contributed by atoms with Crippen molar-refractivity contribution in [1.29, 1.82) is 0 Å². The normalized spacial score (nSPS) is 14.1. The van der Waals surface area contributed by atoms with Gasteiger partial charge < -0.3 is 25.4 Å². The fraction of sp³-hybridized carbons (Fsp3) is 0.486. The predicted molar refractivity (Wildman–Crippen MR) is 172 cm³/mol. The zero-order valence-electron chi connectivity index (χ0n) is 26.4. The average molecular weight is 573 g/mol. The number of aromatic nitrogens is 1. The molecule has 7 nitrogen and oxygen atoms in total. The zero-order chi connectivity index (χ0) is 30.3. The fourth-order valence-electron chi connectivity index (χ4n) is 5.19. The highest BCUT2D eigenvalue weighted by atomic mass is 16.5. The van der Waals surface area contributed by atoms with Crippen LogP contribution < -0.4 is 25.4 Å². The van der Waals surface area contributed by atoms with Crippen LogP contribution in [0.2, 0.25) is 0 Å². The van der Waals surface area contributed by atoms with Crippen LogP contribution in [0.3, 0.4) is 0 Å². The van der Waals surface area contributed by atoms with Crippen LogP contribution in [0.4, 0.5) is 11.4 Å². The summed E-state index contributed by atoms with van der Waals surface area (Å²) in [5.41, 5.74) is 5.02. The molecule has 7 heteroatoms. The molecule has 2 aromatic carbocycles. The Labute approximate surface area is 251 Å². The molecule has 0 spiro atoms. The number of aryl methyl sites for hydroxylation is 1. The Balaban J connectivity index is 1.55. The second kappa shape index (κ2) is 14.1. The van der Waals surface area contributed by atoms with E-state index in [-0.39, 0.29) is 11.3 Å². The SMILES string of the molecule is COc1c(NCCC(C)C)cc(C(C)(C)C)cc1NC(=O)c1ccc(C)c(Oc2ccnc(CC3CCNCC3)c2)c1. The number of carbonyl (C=O) groups excluding carboxylic acids is 1. The van der Waals surface area contributed by atoms with Gasteiger partial charge in [-0.15, -0.1) is 0 Å². The highest BCUT2D eigenvalue weighted by Gasteiger charge is 2.22. The molecular formula is C35H48N4O3. The van der Waals surface area contributed by atoms with Gasteiger partial charge in [0.15, 0.2) is 5.75 Å². The third-order valence-electron chi connectivity index (χ3n) is 7.87. The van der Waals surface area contributed by atoms with Gasteiger partial charge in [0.1, 0.15) is 11.5 Å². The van der Waals surface area contributed by atoms with E-state index in [1.165, 1.54) is 12.8 Å². The van der Waals surface area contributed by atoms with Crippen LogP contribution >= 0.6 is 0 Å². The molecule has 1 saturated heterocycles. The summed E-state index contributed by atoms with van der Waals surface area (Å²) in [6.07, 6.45) is 6.13. The van der Waals surface area contributed by atoms with E-state index in [4.69, 9.17) is 9.47 Å². The number of nitrogens with zero attached hydrogens (tertiary/aromatic N) is 1. The first-order chi connectivity index (χ1) is 20.0. The maximum atomic E-state index is 13.6. The van der Waals surface area contributed by atoms with E-state index in [0.29, 0.717) is 34.6 Å². The van der Waals surface area contributed by atoms with Crippen molar-refractivity contribution in [2.75, 3.05) is 37.4 Å². The molecule has 1 amide bonds. The number of piperidine rings is 1. The largest absolute Gasteiger partial charge is 0.492 e. The van der Waals surface area contributed by atoms with Crippen LogP contribution in [0.5, 0.6) is 17.2 Å². The molecule has 4 rings (SSSR count). The molecule has 1 fully saturated rings. The van der Waals surface area contributed by atoms with Crippen molar-refractivity contribution in [3.05, 3.63) is 71.0 Å². The van der Waals surface area contributed by atoms with Crippen LogP contribution in [0.1, 0.15) is 81.1 Å². The molecule has 0 radical (unpaired) electrons. The summed E-state index contributed by atoms with van der Waals surface area (Å²) in [4.78, 5) is 18.2.